The molecule has 0 spiro atoms. The van der Waals surface area contributed by atoms with Crippen LogP contribution in [0.3, 0.4) is 0 Å². The molecule has 0 atom stereocenters. The third kappa shape index (κ3) is 9.20. The molecule has 3 heterocycles. The second-order valence-corrected chi connectivity index (χ2v) is 33.1. The summed E-state index contributed by atoms with van der Waals surface area (Å²) in [6.45, 7) is 50.0. The highest BCUT2D eigenvalue weighted by atomic mass is 16.3. The molecule has 8 aromatic carbocycles. The highest BCUT2D eigenvalue weighted by Gasteiger charge is 2.49. The van der Waals surface area contributed by atoms with E-state index < -0.39 is 0 Å². The first kappa shape index (κ1) is 57.1. The Morgan fingerprint density at radius 2 is 0.871 bits per heavy atom. The van der Waals surface area contributed by atoms with Crippen molar-refractivity contribution in [2.24, 2.45) is 0 Å². The normalized spacial score (nSPS) is 17.4. The molecule has 1 aromatic heterocycles. The Balaban J connectivity index is 1.14. The van der Waals surface area contributed by atoms with Crippen LogP contribution in [0.25, 0.3) is 21.9 Å². The van der Waals surface area contributed by atoms with Crippen LogP contribution in [0.15, 0.2) is 144 Å². The Kier molecular flexibility index (Phi) is 12.4. The molecule has 0 bridgehead atoms. The zero-order valence-corrected chi connectivity index (χ0v) is 55.2. The van der Waals surface area contributed by atoms with E-state index >= 15 is 0 Å². The van der Waals surface area contributed by atoms with Crippen LogP contribution in [-0.4, -0.2) is 6.71 Å². The number of fused-ring (bicyclic) bond motifs is 9. The molecule has 436 valence electrons. The minimum Gasteiger partial charge on any atom is -0.456 e. The van der Waals surface area contributed by atoms with Gasteiger partial charge in [-0.25, -0.2) is 0 Å². The second kappa shape index (κ2) is 18.5. The molecule has 4 nitrogen and oxygen atoms in total. The van der Waals surface area contributed by atoms with Gasteiger partial charge in [0.05, 0.1) is 0 Å². The molecule has 85 heavy (non-hydrogen) atoms. The Bertz CT molecular complexity index is 4150. The van der Waals surface area contributed by atoms with Crippen molar-refractivity contribution in [2.45, 2.75) is 208 Å². The molecule has 4 aliphatic rings. The van der Waals surface area contributed by atoms with Crippen molar-refractivity contribution in [3.63, 3.8) is 0 Å². The Morgan fingerprint density at radius 3 is 1.44 bits per heavy atom. The molecule has 2 aliphatic carbocycles. The lowest BCUT2D eigenvalue weighted by atomic mass is 9.33. The van der Waals surface area contributed by atoms with Crippen LogP contribution in [-0.2, 0) is 43.3 Å². The van der Waals surface area contributed by atoms with Crippen molar-refractivity contribution in [3.8, 4) is 0 Å². The summed E-state index contributed by atoms with van der Waals surface area (Å²) in [4.78, 5) is 7.87. The molecule has 0 amide bonds. The van der Waals surface area contributed by atoms with E-state index in [0.29, 0.717) is 0 Å². The number of hydrogen-bond donors (Lipinski definition) is 0. The Morgan fingerprint density at radius 1 is 0.388 bits per heavy atom. The molecular weight excluding hydrogens is 1030 g/mol. The molecule has 0 N–H and O–H groups in total. The molecule has 5 heteroatoms. The number of nitrogens with zero attached hydrogens (tertiary/aromatic N) is 3. The van der Waals surface area contributed by atoms with Crippen molar-refractivity contribution in [1.82, 2.24) is 0 Å². The van der Waals surface area contributed by atoms with Gasteiger partial charge >= 0.3 is 0 Å². The second-order valence-electron chi connectivity index (χ2n) is 33.1. The third-order valence-corrected chi connectivity index (χ3v) is 20.6. The van der Waals surface area contributed by atoms with Crippen LogP contribution < -0.4 is 31.1 Å². The molecule has 0 saturated carbocycles. The molecule has 13 rings (SSSR count). The van der Waals surface area contributed by atoms with E-state index in [-0.39, 0.29) is 50.0 Å². The summed E-state index contributed by atoms with van der Waals surface area (Å²) in [6.07, 6.45) is 3.43. The fraction of sp³-hybridized carbons (Fsp3) is 0.400. The minimum atomic E-state index is -0.188. The van der Waals surface area contributed by atoms with Crippen LogP contribution in [0.5, 0.6) is 0 Å². The fourth-order valence-electron chi connectivity index (χ4n) is 15.5. The summed E-state index contributed by atoms with van der Waals surface area (Å²) in [7, 11) is 0. The van der Waals surface area contributed by atoms with Crippen molar-refractivity contribution in [2.75, 3.05) is 14.7 Å². The fourth-order valence-corrected chi connectivity index (χ4v) is 15.5. The van der Waals surface area contributed by atoms with Crippen molar-refractivity contribution in [3.05, 3.63) is 190 Å². The summed E-state index contributed by atoms with van der Waals surface area (Å²) in [5.74, 6) is 0. The van der Waals surface area contributed by atoms with Gasteiger partial charge in [0.1, 0.15) is 11.2 Å². The Labute approximate surface area is 510 Å². The van der Waals surface area contributed by atoms with Crippen molar-refractivity contribution in [1.29, 1.82) is 0 Å². The van der Waals surface area contributed by atoms with E-state index in [9.17, 15) is 0 Å². The zero-order valence-electron chi connectivity index (χ0n) is 55.2. The number of hydrogen-bond acceptors (Lipinski definition) is 4. The summed E-state index contributed by atoms with van der Waals surface area (Å²) in [5, 5.41) is 2.26. The van der Waals surface area contributed by atoms with Gasteiger partial charge in [0.15, 0.2) is 0 Å². The predicted molar refractivity (Wildman–Crippen MR) is 368 cm³/mol. The molecule has 0 saturated heterocycles. The number of benzene rings is 8. The first-order valence-electron chi connectivity index (χ1n) is 31.8. The van der Waals surface area contributed by atoms with Gasteiger partial charge in [-0.05, 0) is 221 Å². The van der Waals surface area contributed by atoms with E-state index in [1.807, 2.05) is 0 Å². The van der Waals surface area contributed by atoms with Crippen LogP contribution in [0.2, 0.25) is 0 Å². The highest BCUT2D eigenvalue weighted by molar-refractivity contribution is 7.00. The number of aryl methyl sites for hydroxylation is 1. The van der Waals surface area contributed by atoms with Gasteiger partial charge in [0, 0.05) is 62.0 Å². The van der Waals surface area contributed by atoms with Crippen LogP contribution in [0.1, 0.15) is 208 Å². The van der Waals surface area contributed by atoms with Gasteiger partial charge in [-0.2, -0.15) is 0 Å². The summed E-state index contributed by atoms with van der Waals surface area (Å²) in [5.41, 5.74) is 29.0. The average Bonchev–Trinajstić information content (AvgIpc) is 1.47. The van der Waals surface area contributed by atoms with Crippen molar-refractivity contribution >= 4 is 96.2 Å². The molecule has 0 radical (unpaired) electrons. The topological polar surface area (TPSA) is 22.9 Å². The molecular formula is C80H92BN3O. The van der Waals surface area contributed by atoms with E-state index in [4.69, 9.17) is 4.42 Å². The van der Waals surface area contributed by atoms with Crippen molar-refractivity contribution < 1.29 is 4.42 Å². The molecule has 2 aliphatic heterocycles. The molecule has 0 unspecified atom stereocenters. The zero-order chi connectivity index (χ0) is 60.8. The monoisotopic (exact) mass is 1120 g/mol. The molecule has 0 fully saturated rings. The summed E-state index contributed by atoms with van der Waals surface area (Å²) < 4.78 is 6.82. The quantitative estimate of drug-likeness (QED) is 0.160. The lowest BCUT2D eigenvalue weighted by Gasteiger charge is -2.47. The number of anilines is 9. The van der Waals surface area contributed by atoms with Crippen LogP contribution in [0, 0.1) is 6.92 Å². The highest BCUT2D eigenvalue weighted by Crippen LogP contribution is 2.56. The minimum absolute atomic E-state index is 0.00481. The Hall–Kier alpha value is -6.98. The maximum atomic E-state index is 6.82. The van der Waals surface area contributed by atoms with E-state index in [1.165, 1.54) is 101 Å². The lowest BCUT2D eigenvalue weighted by molar-refractivity contribution is 0.332. The number of rotatable bonds is 5. The van der Waals surface area contributed by atoms with Gasteiger partial charge in [-0.1, -0.05) is 193 Å². The van der Waals surface area contributed by atoms with E-state index in [2.05, 4.69) is 300 Å². The lowest BCUT2D eigenvalue weighted by Crippen LogP contribution is -2.61. The first-order valence-corrected chi connectivity index (χ1v) is 31.8. The maximum Gasteiger partial charge on any atom is 0.252 e. The summed E-state index contributed by atoms with van der Waals surface area (Å²) in [6, 6.07) is 55.6. The van der Waals surface area contributed by atoms with E-state index in [1.54, 1.807) is 0 Å². The first-order chi connectivity index (χ1) is 39.5. The number of furan rings is 1. The SMILES string of the molecule is Cc1cc2c(cc1N1c3cc4c(cc3B3c5ccc(N(c6ccc(C(C)(C)C)cc6)c6ccc(C(C)(C)C)cc6)cc5N(c5ccc6oc7cc(C(C)(C)C)ccc7c6c5)c5cc(C(C)(C)C)cc1c53)C(C)(C)CC4(C)C)C(C)(C)CCC2(C)C. The standard InChI is InChI=1S/C80H92BN3O/c1-48-38-59-61(78(16,17)37-36-77(59,14)15)45-65(48)84-67-46-62-60(79(18,19)47-80(62,20)21)44-64(67)81-63-34-31-56(82(53-27-22-49(23-28-53)73(2,3)4)54-29-24-50(25-30-54)74(5,6)7)43-66(63)83(68-39-52(76(11,12)13)40-69(84)72(68)81)55-32-35-70-58(42-55)57-33-26-51(75(8,9)10)41-71(57)85-70/h22-35,38-46H,36-37,47H2,1-21H3. The maximum absolute atomic E-state index is 6.82. The average molecular weight is 1120 g/mol. The summed E-state index contributed by atoms with van der Waals surface area (Å²) >= 11 is 0. The third-order valence-electron chi connectivity index (χ3n) is 20.6. The van der Waals surface area contributed by atoms with Gasteiger partial charge in [-0.15, -0.1) is 0 Å². The van der Waals surface area contributed by atoms with Gasteiger partial charge < -0.3 is 19.1 Å². The van der Waals surface area contributed by atoms with Crippen LogP contribution in [0.4, 0.5) is 51.2 Å². The predicted octanol–water partition coefficient (Wildman–Crippen LogP) is 20.9. The van der Waals surface area contributed by atoms with Gasteiger partial charge in [0.25, 0.3) is 6.71 Å². The molecule has 9 aromatic rings. The largest absolute Gasteiger partial charge is 0.456 e. The van der Waals surface area contributed by atoms with E-state index in [0.717, 1.165) is 57.5 Å². The van der Waals surface area contributed by atoms with Gasteiger partial charge in [0.2, 0.25) is 0 Å². The van der Waals surface area contributed by atoms with Gasteiger partial charge in [-0.3, -0.25) is 0 Å². The van der Waals surface area contributed by atoms with Crippen LogP contribution >= 0.6 is 0 Å². The smallest absolute Gasteiger partial charge is 0.252 e.